The Bertz CT molecular complexity index is 1190. The summed E-state index contributed by atoms with van der Waals surface area (Å²) in [6.07, 6.45) is 4.64. The molecule has 1 aliphatic carbocycles. The van der Waals surface area contributed by atoms with Crippen LogP contribution in [-0.4, -0.2) is 52.8 Å². The van der Waals surface area contributed by atoms with Gasteiger partial charge in [0.15, 0.2) is 6.61 Å². The molecule has 1 fully saturated rings. The number of hydrogen-bond acceptors (Lipinski definition) is 6. The van der Waals surface area contributed by atoms with Gasteiger partial charge in [0.25, 0.3) is 0 Å². The minimum atomic E-state index is -2.92. The average molecular weight is 500 g/mol. The topological polar surface area (TPSA) is 94.9 Å². The third-order valence-electron chi connectivity index (χ3n) is 6.55. The highest BCUT2D eigenvalue weighted by Gasteiger charge is 2.46. The van der Waals surface area contributed by atoms with Gasteiger partial charge in [0.1, 0.15) is 5.75 Å². The lowest BCUT2D eigenvalue weighted by molar-refractivity contribution is -0.145. The maximum atomic E-state index is 12.8. The number of aromatic nitrogens is 1. The van der Waals surface area contributed by atoms with Crippen molar-refractivity contribution in [3.05, 3.63) is 59.4 Å². The summed E-state index contributed by atoms with van der Waals surface area (Å²) in [6, 6.07) is 7.67. The zero-order valence-electron chi connectivity index (χ0n) is 19.9. The second-order valence-electron chi connectivity index (χ2n) is 8.81. The lowest BCUT2D eigenvalue weighted by Crippen LogP contribution is -2.33. The summed E-state index contributed by atoms with van der Waals surface area (Å²) in [4.78, 5) is 51.1. The van der Waals surface area contributed by atoms with Crippen molar-refractivity contribution >= 4 is 23.6 Å². The highest BCUT2D eigenvalue weighted by molar-refractivity contribution is 6.05. The van der Waals surface area contributed by atoms with Crippen molar-refractivity contribution in [2.75, 3.05) is 13.2 Å². The number of imide groups is 1. The highest BCUT2D eigenvalue weighted by Crippen LogP contribution is 2.35. The van der Waals surface area contributed by atoms with Gasteiger partial charge in [-0.2, -0.15) is 8.78 Å². The number of esters is 1. The molecule has 2 atom stereocenters. The molecule has 8 nitrogen and oxygen atoms in total. The monoisotopic (exact) mass is 500 g/mol. The molecule has 1 aliphatic heterocycles. The number of carbonyl (C=O) groups is 4. The van der Waals surface area contributed by atoms with Crippen LogP contribution in [0.4, 0.5) is 8.78 Å². The van der Waals surface area contributed by atoms with E-state index in [1.807, 2.05) is 12.2 Å². The van der Waals surface area contributed by atoms with Gasteiger partial charge in [-0.3, -0.25) is 24.1 Å². The summed E-state index contributed by atoms with van der Waals surface area (Å²) >= 11 is 0. The molecule has 2 aromatic rings. The van der Waals surface area contributed by atoms with Crippen molar-refractivity contribution in [3.8, 4) is 11.4 Å². The van der Waals surface area contributed by atoms with Gasteiger partial charge in [-0.15, -0.1) is 0 Å². The molecule has 4 rings (SSSR count). The van der Waals surface area contributed by atoms with Gasteiger partial charge in [0.05, 0.1) is 18.3 Å². The summed E-state index contributed by atoms with van der Waals surface area (Å²) in [5.74, 6) is -2.32. The Balaban J connectivity index is 1.33. The maximum Gasteiger partial charge on any atom is 0.387 e. The molecule has 190 valence electrons. The highest BCUT2D eigenvalue weighted by atomic mass is 19.3. The molecule has 1 saturated heterocycles. The van der Waals surface area contributed by atoms with Gasteiger partial charge >= 0.3 is 12.6 Å². The standard InChI is InChI=1S/C26H26F2N2O6/c1-15-13-21(16(2)30(15)17-7-9-18(10-8-17)36-26(27)28)22(31)14-35-23(32)11-12-29-24(33)19-5-3-4-6-20(19)25(29)34/h3-4,7-10,13,19-20,26H,5-6,11-12,14H2,1-2H3/t19-,20-/m0/s1. The molecule has 2 amide bonds. The van der Waals surface area contributed by atoms with E-state index in [9.17, 15) is 28.0 Å². The number of Topliss-reactive ketones (excluding diaryl/α,β-unsaturated/α-hetero) is 1. The van der Waals surface area contributed by atoms with E-state index in [-0.39, 0.29) is 42.4 Å². The third-order valence-corrected chi connectivity index (χ3v) is 6.55. The first-order valence-electron chi connectivity index (χ1n) is 11.6. The molecular weight excluding hydrogens is 474 g/mol. The van der Waals surface area contributed by atoms with Gasteiger partial charge in [-0.1, -0.05) is 12.2 Å². The molecule has 10 heteroatoms. The zero-order chi connectivity index (χ0) is 26.0. The largest absolute Gasteiger partial charge is 0.457 e. The number of ketones is 1. The van der Waals surface area contributed by atoms with Crippen LogP contribution in [0.5, 0.6) is 5.75 Å². The second-order valence-corrected chi connectivity index (χ2v) is 8.81. The molecule has 36 heavy (non-hydrogen) atoms. The Labute approximate surface area is 206 Å². The summed E-state index contributed by atoms with van der Waals surface area (Å²) in [5.41, 5.74) is 2.33. The van der Waals surface area contributed by atoms with Crippen LogP contribution >= 0.6 is 0 Å². The van der Waals surface area contributed by atoms with Gasteiger partial charge in [0.2, 0.25) is 17.6 Å². The van der Waals surface area contributed by atoms with Crippen LogP contribution in [0.15, 0.2) is 42.5 Å². The number of allylic oxidation sites excluding steroid dienone is 2. The van der Waals surface area contributed by atoms with Crippen LogP contribution < -0.4 is 4.74 Å². The minimum Gasteiger partial charge on any atom is -0.457 e. The summed E-state index contributed by atoms with van der Waals surface area (Å²) in [7, 11) is 0. The lowest BCUT2D eigenvalue weighted by Gasteiger charge is -2.14. The Hall–Kier alpha value is -3.82. The van der Waals surface area contributed by atoms with Crippen molar-refractivity contribution in [1.82, 2.24) is 9.47 Å². The number of fused-ring (bicyclic) bond motifs is 1. The van der Waals surface area contributed by atoms with E-state index in [0.717, 1.165) is 10.6 Å². The van der Waals surface area contributed by atoms with E-state index in [1.54, 1.807) is 36.6 Å². The molecule has 1 aromatic carbocycles. The minimum absolute atomic E-state index is 0.0205. The molecule has 0 unspecified atom stereocenters. The first-order valence-corrected chi connectivity index (χ1v) is 11.6. The third kappa shape index (κ3) is 5.07. The molecule has 1 aromatic heterocycles. The van der Waals surface area contributed by atoms with Crippen LogP contribution in [0.2, 0.25) is 0 Å². The number of nitrogens with zero attached hydrogens (tertiary/aromatic N) is 2. The fourth-order valence-corrected chi connectivity index (χ4v) is 4.81. The van der Waals surface area contributed by atoms with E-state index in [4.69, 9.17) is 4.74 Å². The van der Waals surface area contributed by atoms with E-state index < -0.39 is 25.0 Å². The number of aryl methyl sites for hydroxylation is 1. The lowest BCUT2D eigenvalue weighted by atomic mass is 9.85. The van der Waals surface area contributed by atoms with Crippen LogP contribution in [-0.2, 0) is 19.1 Å². The molecule has 0 radical (unpaired) electrons. The maximum absolute atomic E-state index is 12.8. The van der Waals surface area contributed by atoms with Gasteiger partial charge in [0, 0.05) is 29.2 Å². The number of likely N-dealkylation sites (tertiary alicyclic amines) is 1. The fraction of sp³-hybridized carbons (Fsp3) is 0.385. The van der Waals surface area contributed by atoms with Crippen LogP contribution in [0, 0.1) is 25.7 Å². The quantitative estimate of drug-likeness (QED) is 0.225. The SMILES string of the molecule is Cc1cc(C(=O)COC(=O)CCN2C(=O)[C@H]3CC=CC[C@@H]3C2=O)c(C)n1-c1ccc(OC(F)F)cc1. The predicted molar refractivity (Wildman–Crippen MR) is 124 cm³/mol. The Morgan fingerprint density at radius 3 is 2.22 bits per heavy atom. The Morgan fingerprint density at radius 1 is 1.03 bits per heavy atom. The van der Waals surface area contributed by atoms with Gasteiger partial charge < -0.3 is 14.0 Å². The Morgan fingerprint density at radius 2 is 1.64 bits per heavy atom. The molecule has 0 N–H and O–H groups in total. The molecular formula is C26H26F2N2O6. The first kappa shape index (κ1) is 25.3. The van der Waals surface area contributed by atoms with E-state index in [1.165, 1.54) is 12.1 Å². The molecule has 0 spiro atoms. The molecule has 0 saturated carbocycles. The summed E-state index contributed by atoms with van der Waals surface area (Å²) < 4.78 is 36.0. The van der Waals surface area contributed by atoms with Crippen LogP contribution in [0.25, 0.3) is 5.69 Å². The molecule has 2 heterocycles. The normalized spacial score (nSPS) is 19.1. The number of hydrogen-bond donors (Lipinski definition) is 0. The Kier molecular flexibility index (Phi) is 7.32. The van der Waals surface area contributed by atoms with E-state index >= 15 is 0 Å². The van der Waals surface area contributed by atoms with Crippen LogP contribution in [0.1, 0.15) is 41.0 Å². The van der Waals surface area contributed by atoms with Crippen molar-refractivity contribution in [2.24, 2.45) is 11.8 Å². The van der Waals surface area contributed by atoms with Crippen molar-refractivity contribution in [3.63, 3.8) is 0 Å². The first-order chi connectivity index (χ1) is 17.2. The van der Waals surface area contributed by atoms with E-state index in [2.05, 4.69) is 4.74 Å². The zero-order valence-corrected chi connectivity index (χ0v) is 19.9. The number of halogens is 2. The summed E-state index contributed by atoms with van der Waals surface area (Å²) in [5, 5.41) is 0. The number of carbonyl (C=O) groups excluding carboxylic acids is 4. The molecule has 2 aliphatic rings. The van der Waals surface area contributed by atoms with Crippen molar-refractivity contribution < 1.29 is 37.4 Å². The number of benzene rings is 1. The average Bonchev–Trinajstić information content (AvgIpc) is 3.28. The van der Waals surface area contributed by atoms with E-state index in [0.29, 0.717) is 29.8 Å². The van der Waals surface area contributed by atoms with Crippen LogP contribution in [0.3, 0.4) is 0 Å². The van der Waals surface area contributed by atoms with Crippen molar-refractivity contribution in [1.29, 1.82) is 0 Å². The van der Waals surface area contributed by atoms with Gasteiger partial charge in [-0.05, 0) is 57.0 Å². The van der Waals surface area contributed by atoms with Crippen molar-refractivity contribution in [2.45, 2.75) is 39.7 Å². The molecule has 0 bridgehead atoms. The number of ether oxygens (including phenoxy) is 2. The smallest absolute Gasteiger partial charge is 0.387 e. The second kappa shape index (κ2) is 10.4. The summed E-state index contributed by atoms with van der Waals surface area (Å²) in [6.45, 7) is 0.0376. The van der Waals surface area contributed by atoms with Gasteiger partial charge in [-0.25, -0.2) is 0 Å². The number of rotatable bonds is 9. The fourth-order valence-electron chi connectivity index (χ4n) is 4.81. The predicted octanol–water partition coefficient (Wildman–Crippen LogP) is 3.76. The number of amides is 2. The number of alkyl halides is 2.